The number of ether oxygens (including phenoxy) is 1. The van der Waals surface area contributed by atoms with Crippen LogP contribution in [0.15, 0.2) is 29.8 Å². The van der Waals surface area contributed by atoms with Gasteiger partial charge in [-0.05, 0) is 44.5 Å². The van der Waals surface area contributed by atoms with Gasteiger partial charge in [-0.2, -0.15) is 0 Å². The molecule has 1 aliphatic heterocycles. The zero-order valence-electron chi connectivity index (χ0n) is 12.4. The summed E-state index contributed by atoms with van der Waals surface area (Å²) < 4.78 is 5.36. The molecule has 1 amide bonds. The number of aryl methyl sites for hydroxylation is 1. The van der Waals surface area contributed by atoms with Crippen molar-refractivity contribution in [3.8, 4) is 0 Å². The number of carbonyl (C=O) groups excluding carboxylic acids is 1. The number of nitrogens with zero attached hydrogens (tertiary/aromatic N) is 1. The Labute approximate surface area is 120 Å². The Bertz CT molecular complexity index is 513. The van der Waals surface area contributed by atoms with E-state index in [4.69, 9.17) is 4.74 Å². The molecule has 0 unspecified atom stereocenters. The van der Waals surface area contributed by atoms with E-state index in [0.717, 1.165) is 43.1 Å². The van der Waals surface area contributed by atoms with E-state index in [2.05, 4.69) is 22.3 Å². The summed E-state index contributed by atoms with van der Waals surface area (Å²) in [6.07, 6.45) is 1.61. The van der Waals surface area contributed by atoms with Crippen molar-refractivity contribution in [2.24, 2.45) is 0 Å². The highest BCUT2D eigenvalue weighted by Crippen LogP contribution is 2.23. The summed E-state index contributed by atoms with van der Waals surface area (Å²) in [5, 5.41) is 2.91. The van der Waals surface area contributed by atoms with Crippen LogP contribution in [0.2, 0.25) is 0 Å². The van der Waals surface area contributed by atoms with Gasteiger partial charge in [0.2, 0.25) is 5.91 Å². The molecule has 0 bridgehead atoms. The van der Waals surface area contributed by atoms with Crippen LogP contribution in [0.3, 0.4) is 0 Å². The Balaban J connectivity index is 2.09. The average Bonchev–Trinajstić information content (AvgIpc) is 2.41. The van der Waals surface area contributed by atoms with Crippen molar-refractivity contribution < 1.29 is 9.53 Å². The van der Waals surface area contributed by atoms with E-state index in [-0.39, 0.29) is 5.91 Å². The van der Waals surface area contributed by atoms with Gasteiger partial charge in [0.1, 0.15) is 0 Å². The molecule has 1 aromatic rings. The molecular weight excluding hydrogens is 252 g/mol. The van der Waals surface area contributed by atoms with Crippen LogP contribution in [-0.2, 0) is 9.53 Å². The Morgan fingerprint density at radius 2 is 2.00 bits per heavy atom. The quantitative estimate of drug-likeness (QED) is 0.862. The Morgan fingerprint density at radius 3 is 2.60 bits per heavy atom. The third-order valence-corrected chi connectivity index (χ3v) is 3.26. The van der Waals surface area contributed by atoms with Crippen molar-refractivity contribution in [1.29, 1.82) is 0 Å². The molecule has 4 nitrogen and oxygen atoms in total. The van der Waals surface area contributed by atoms with Crippen LogP contribution in [0.4, 0.5) is 11.4 Å². The van der Waals surface area contributed by atoms with E-state index in [0.29, 0.717) is 0 Å². The molecule has 0 atom stereocenters. The second-order valence-corrected chi connectivity index (χ2v) is 5.31. The maximum absolute atomic E-state index is 11.7. The van der Waals surface area contributed by atoms with Crippen molar-refractivity contribution in [2.45, 2.75) is 20.8 Å². The largest absolute Gasteiger partial charge is 0.378 e. The summed E-state index contributed by atoms with van der Waals surface area (Å²) in [5.74, 6) is -0.0766. The van der Waals surface area contributed by atoms with E-state index < -0.39 is 0 Å². The number of nitrogens with one attached hydrogen (secondary N) is 1. The van der Waals surface area contributed by atoms with Gasteiger partial charge in [0.25, 0.3) is 0 Å². The minimum absolute atomic E-state index is 0.0766. The van der Waals surface area contributed by atoms with Crippen LogP contribution < -0.4 is 10.2 Å². The topological polar surface area (TPSA) is 41.6 Å². The predicted octanol–water partition coefficient (Wildman–Crippen LogP) is 2.74. The first-order valence-corrected chi connectivity index (χ1v) is 6.95. The van der Waals surface area contributed by atoms with E-state index in [1.54, 1.807) is 6.08 Å². The Kier molecular flexibility index (Phi) is 4.79. The van der Waals surface area contributed by atoms with Gasteiger partial charge in [0.15, 0.2) is 0 Å². The van der Waals surface area contributed by atoms with Gasteiger partial charge in [-0.25, -0.2) is 0 Å². The minimum Gasteiger partial charge on any atom is -0.378 e. The van der Waals surface area contributed by atoms with Gasteiger partial charge in [0, 0.05) is 30.5 Å². The van der Waals surface area contributed by atoms with Crippen molar-refractivity contribution in [1.82, 2.24) is 0 Å². The number of allylic oxidation sites excluding steroid dienone is 1. The molecule has 0 saturated carbocycles. The number of rotatable bonds is 3. The van der Waals surface area contributed by atoms with Crippen molar-refractivity contribution in [3.05, 3.63) is 35.4 Å². The first kappa shape index (κ1) is 14.6. The molecule has 108 valence electrons. The standard InChI is InChI=1S/C16H22N2O2/c1-12(2)10-16(19)17-15-5-4-14(11-13(15)3)18-6-8-20-9-7-18/h4-5,10-11H,6-9H2,1-3H3,(H,17,19). The molecular formula is C16H22N2O2. The molecule has 20 heavy (non-hydrogen) atoms. The normalized spacial score (nSPS) is 14.8. The second-order valence-electron chi connectivity index (χ2n) is 5.31. The SMILES string of the molecule is CC(C)=CC(=O)Nc1ccc(N2CCOCC2)cc1C. The summed E-state index contributed by atoms with van der Waals surface area (Å²) in [7, 11) is 0. The average molecular weight is 274 g/mol. The number of amides is 1. The minimum atomic E-state index is -0.0766. The van der Waals surface area contributed by atoms with Gasteiger partial charge in [-0.3, -0.25) is 4.79 Å². The highest BCUT2D eigenvalue weighted by Gasteiger charge is 2.12. The third-order valence-electron chi connectivity index (χ3n) is 3.26. The van der Waals surface area contributed by atoms with Crippen LogP contribution in [0.25, 0.3) is 0 Å². The number of anilines is 2. The van der Waals surface area contributed by atoms with E-state index in [1.807, 2.05) is 26.8 Å². The molecule has 1 saturated heterocycles. The molecule has 0 spiro atoms. The van der Waals surface area contributed by atoms with E-state index in [9.17, 15) is 4.79 Å². The predicted molar refractivity (Wildman–Crippen MR) is 82.3 cm³/mol. The van der Waals surface area contributed by atoms with E-state index in [1.165, 1.54) is 5.69 Å². The molecule has 1 aromatic carbocycles. The molecule has 0 radical (unpaired) electrons. The molecule has 1 N–H and O–H groups in total. The Hall–Kier alpha value is -1.81. The zero-order chi connectivity index (χ0) is 14.5. The monoisotopic (exact) mass is 274 g/mol. The molecule has 0 aliphatic carbocycles. The van der Waals surface area contributed by atoms with Crippen molar-refractivity contribution in [3.63, 3.8) is 0 Å². The summed E-state index contributed by atoms with van der Waals surface area (Å²) in [6, 6.07) is 6.14. The number of carbonyl (C=O) groups is 1. The number of morpholine rings is 1. The highest BCUT2D eigenvalue weighted by atomic mass is 16.5. The maximum Gasteiger partial charge on any atom is 0.248 e. The lowest BCUT2D eigenvalue weighted by Gasteiger charge is -2.29. The fourth-order valence-electron chi connectivity index (χ4n) is 2.24. The van der Waals surface area contributed by atoms with Crippen molar-refractivity contribution >= 4 is 17.3 Å². The number of hydrogen-bond donors (Lipinski definition) is 1. The summed E-state index contributed by atoms with van der Waals surface area (Å²) in [6.45, 7) is 9.23. The smallest absolute Gasteiger partial charge is 0.248 e. The van der Waals surface area contributed by atoms with E-state index >= 15 is 0 Å². The van der Waals surface area contributed by atoms with Crippen LogP contribution in [-0.4, -0.2) is 32.2 Å². The fourth-order valence-corrected chi connectivity index (χ4v) is 2.24. The molecule has 1 aliphatic rings. The molecule has 1 heterocycles. The van der Waals surface area contributed by atoms with Crippen LogP contribution in [0, 0.1) is 6.92 Å². The first-order chi connectivity index (χ1) is 9.56. The van der Waals surface area contributed by atoms with Crippen LogP contribution in [0.5, 0.6) is 0 Å². The summed E-state index contributed by atoms with van der Waals surface area (Å²) in [4.78, 5) is 14.1. The highest BCUT2D eigenvalue weighted by molar-refractivity contribution is 6.00. The van der Waals surface area contributed by atoms with Gasteiger partial charge in [-0.15, -0.1) is 0 Å². The molecule has 0 aromatic heterocycles. The number of hydrogen-bond acceptors (Lipinski definition) is 3. The lowest BCUT2D eigenvalue weighted by atomic mass is 10.1. The number of benzene rings is 1. The molecule has 4 heteroatoms. The second kappa shape index (κ2) is 6.57. The molecule has 2 rings (SSSR count). The third kappa shape index (κ3) is 3.84. The maximum atomic E-state index is 11.7. The fraction of sp³-hybridized carbons (Fsp3) is 0.438. The lowest BCUT2D eigenvalue weighted by molar-refractivity contribution is -0.111. The van der Waals surface area contributed by atoms with Gasteiger partial charge >= 0.3 is 0 Å². The summed E-state index contributed by atoms with van der Waals surface area (Å²) in [5.41, 5.74) is 4.12. The van der Waals surface area contributed by atoms with Gasteiger partial charge in [0.05, 0.1) is 13.2 Å². The Morgan fingerprint density at radius 1 is 1.30 bits per heavy atom. The summed E-state index contributed by atoms with van der Waals surface area (Å²) >= 11 is 0. The van der Waals surface area contributed by atoms with Crippen LogP contribution >= 0.6 is 0 Å². The molecule has 1 fully saturated rings. The van der Waals surface area contributed by atoms with Gasteiger partial charge < -0.3 is 15.0 Å². The van der Waals surface area contributed by atoms with Crippen molar-refractivity contribution in [2.75, 3.05) is 36.5 Å². The first-order valence-electron chi connectivity index (χ1n) is 6.95. The van der Waals surface area contributed by atoms with Gasteiger partial charge in [-0.1, -0.05) is 5.57 Å². The lowest BCUT2D eigenvalue weighted by Crippen LogP contribution is -2.36. The zero-order valence-corrected chi connectivity index (χ0v) is 12.4. The van der Waals surface area contributed by atoms with Crippen LogP contribution in [0.1, 0.15) is 19.4 Å².